The third kappa shape index (κ3) is 5.68. The summed E-state index contributed by atoms with van der Waals surface area (Å²) in [6, 6.07) is 15.6. The zero-order valence-electron chi connectivity index (χ0n) is 15.3. The number of rotatable bonds is 6. The molecule has 142 valence electrons. The summed E-state index contributed by atoms with van der Waals surface area (Å²) in [5.74, 6) is 2.38. The maximum atomic E-state index is 5.96. The van der Waals surface area contributed by atoms with Gasteiger partial charge in [0.05, 0.1) is 7.11 Å². The standard InChI is InChI=1S/C19H22N6O.HI/c1-3-13-5-4-6-15(11-13)22-19(20)21-12-17-23-18(25-24-17)14-7-9-16(26-2)10-8-14;/h4-11H,3,12H2,1-2H3,(H3,20,21,22)(H,23,24,25);1H. The van der Waals surface area contributed by atoms with Gasteiger partial charge in [0.1, 0.15) is 18.1 Å². The van der Waals surface area contributed by atoms with E-state index in [0.717, 1.165) is 23.4 Å². The minimum absolute atomic E-state index is 0. The zero-order valence-corrected chi connectivity index (χ0v) is 17.6. The summed E-state index contributed by atoms with van der Waals surface area (Å²) >= 11 is 0. The second-order valence-corrected chi connectivity index (χ2v) is 5.71. The fraction of sp³-hybridized carbons (Fsp3) is 0.211. The van der Waals surface area contributed by atoms with Gasteiger partial charge in [-0.05, 0) is 48.4 Å². The molecule has 3 rings (SSSR count). The number of aromatic amines is 1. The van der Waals surface area contributed by atoms with Gasteiger partial charge >= 0.3 is 0 Å². The molecule has 2 aromatic carbocycles. The highest BCUT2D eigenvalue weighted by Crippen LogP contribution is 2.19. The maximum absolute atomic E-state index is 5.96. The molecule has 8 heteroatoms. The number of aryl methyl sites for hydroxylation is 1. The van der Waals surface area contributed by atoms with Crippen molar-refractivity contribution in [1.29, 1.82) is 0 Å². The van der Waals surface area contributed by atoms with Crippen molar-refractivity contribution in [3.63, 3.8) is 0 Å². The summed E-state index contributed by atoms with van der Waals surface area (Å²) in [5, 5.41) is 10.2. The molecule has 0 atom stereocenters. The van der Waals surface area contributed by atoms with Gasteiger partial charge in [-0.3, -0.25) is 5.10 Å². The number of aromatic nitrogens is 3. The fourth-order valence-electron chi connectivity index (χ4n) is 2.45. The molecule has 0 bridgehead atoms. The average molecular weight is 478 g/mol. The highest BCUT2D eigenvalue weighted by molar-refractivity contribution is 14.0. The molecule has 3 aromatic rings. The number of nitrogens with zero attached hydrogens (tertiary/aromatic N) is 3. The molecule has 1 heterocycles. The average Bonchev–Trinajstić information content (AvgIpc) is 3.15. The SMILES string of the molecule is CCc1cccc(NC(N)=NCc2nc(-c3ccc(OC)cc3)n[nH]2)c1.I. The lowest BCUT2D eigenvalue weighted by Crippen LogP contribution is -2.22. The molecule has 4 N–H and O–H groups in total. The Morgan fingerprint density at radius 3 is 2.70 bits per heavy atom. The van der Waals surface area contributed by atoms with Crippen LogP contribution in [-0.2, 0) is 13.0 Å². The highest BCUT2D eigenvalue weighted by Gasteiger charge is 2.06. The van der Waals surface area contributed by atoms with E-state index in [0.29, 0.717) is 24.2 Å². The summed E-state index contributed by atoms with van der Waals surface area (Å²) in [5.41, 5.74) is 9.02. The Morgan fingerprint density at radius 1 is 1.22 bits per heavy atom. The van der Waals surface area contributed by atoms with Crippen molar-refractivity contribution in [3.05, 3.63) is 59.9 Å². The van der Waals surface area contributed by atoms with Crippen LogP contribution in [0.4, 0.5) is 5.69 Å². The van der Waals surface area contributed by atoms with E-state index < -0.39 is 0 Å². The summed E-state index contributed by atoms with van der Waals surface area (Å²) in [7, 11) is 1.63. The largest absolute Gasteiger partial charge is 0.497 e. The predicted octanol–water partition coefficient (Wildman–Crippen LogP) is 3.59. The van der Waals surface area contributed by atoms with Gasteiger partial charge in [-0.1, -0.05) is 19.1 Å². The van der Waals surface area contributed by atoms with Crippen LogP contribution in [0.2, 0.25) is 0 Å². The molecular formula is C19H23IN6O. The molecule has 7 nitrogen and oxygen atoms in total. The van der Waals surface area contributed by atoms with Gasteiger partial charge in [0.2, 0.25) is 0 Å². The van der Waals surface area contributed by atoms with Crippen LogP contribution in [0.15, 0.2) is 53.5 Å². The minimum atomic E-state index is 0. The van der Waals surface area contributed by atoms with Crippen LogP contribution in [0.1, 0.15) is 18.3 Å². The molecule has 0 aliphatic carbocycles. The number of nitrogens with two attached hydrogens (primary N) is 1. The van der Waals surface area contributed by atoms with Gasteiger partial charge in [-0.15, -0.1) is 24.0 Å². The van der Waals surface area contributed by atoms with Crippen LogP contribution in [-0.4, -0.2) is 28.3 Å². The number of nitrogens with one attached hydrogen (secondary N) is 2. The van der Waals surface area contributed by atoms with E-state index in [1.54, 1.807) is 7.11 Å². The molecule has 27 heavy (non-hydrogen) atoms. The first-order chi connectivity index (χ1) is 12.7. The molecule has 0 radical (unpaired) electrons. The quantitative estimate of drug-likeness (QED) is 0.286. The second kappa shape index (κ2) is 9.91. The van der Waals surface area contributed by atoms with E-state index in [4.69, 9.17) is 10.5 Å². The van der Waals surface area contributed by atoms with Crippen molar-refractivity contribution in [3.8, 4) is 17.1 Å². The minimum Gasteiger partial charge on any atom is -0.497 e. The number of anilines is 1. The van der Waals surface area contributed by atoms with E-state index in [1.807, 2.05) is 36.4 Å². The number of halogens is 1. The van der Waals surface area contributed by atoms with Crippen molar-refractivity contribution in [1.82, 2.24) is 15.2 Å². The van der Waals surface area contributed by atoms with Crippen molar-refractivity contribution in [2.45, 2.75) is 19.9 Å². The number of hydrogen-bond acceptors (Lipinski definition) is 4. The first-order valence-corrected chi connectivity index (χ1v) is 8.39. The molecule has 0 saturated carbocycles. The van der Waals surface area contributed by atoms with Gasteiger partial charge in [-0.2, -0.15) is 5.10 Å². The lowest BCUT2D eigenvalue weighted by Gasteiger charge is -2.06. The molecule has 0 aliphatic heterocycles. The van der Waals surface area contributed by atoms with Crippen molar-refractivity contribution >= 4 is 35.6 Å². The maximum Gasteiger partial charge on any atom is 0.193 e. The van der Waals surface area contributed by atoms with Gasteiger partial charge in [0.15, 0.2) is 11.8 Å². The smallest absolute Gasteiger partial charge is 0.193 e. The summed E-state index contributed by atoms with van der Waals surface area (Å²) in [6.45, 7) is 2.43. The van der Waals surface area contributed by atoms with Crippen LogP contribution < -0.4 is 15.8 Å². The molecule has 0 saturated heterocycles. The molecule has 0 fully saturated rings. The van der Waals surface area contributed by atoms with Gasteiger partial charge in [-0.25, -0.2) is 9.98 Å². The number of hydrogen-bond donors (Lipinski definition) is 3. The lowest BCUT2D eigenvalue weighted by atomic mass is 10.1. The number of ether oxygens (including phenoxy) is 1. The van der Waals surface area contributed by atoms with Crippen LogP contribution in [0.3, 0.4) is 0 Å². The molecule has 1 aromatic heterocycles. The number of guanidine groups is 1. The van der Waals surface area contributed by atoms with Gasteiger partial charge in [0.25, 0.3) is 0 Å². The lowest BCUT2D eigenvalue weighted by molar-refractivity contribution is 0.415. The highest BCUT2D eigenvalue weighted by atomic mass is 127. The topological polar surface area (TPSA) is 101 Å². The molecule has 0 amide bonds. The number of aliphatic imine (C=N–C) groups is 1. The predicted molar refractivity (Wildman–Crippen MR) is 119 cm³/mol. The Balaban J connectivity index is 0.00000261. The summed E-state index contributed by atoms with van der Waals surface area (Å²) in [6.07, 6.45) is 0.971. The van der Waals surface area contributed by atoms with Crippen molar-refractivity contribution in [2.24, 2.45) is 10.7 Å². The van der Waals surface area contributed by atoms with Crippen molar-refractivity contribution in [2.75, 3.05) is 12.4 Å². The molecular weight excluding hydrogens is 455 g/mol. The fourth-order valence-corrected chi connectivity index (χ4v) is 2.45. The molecule has 0 spiro atoms. The Bertz CT molecular complexity index is 891. The normalized spacial score (nSPS) is 11.0. The van der Waals surface area contributed by atoms with Gasteiger partial charge in [0, 0.05) is 11.3 Å². The first kappa shape index (κ1) is 20.7. The summed E-state index contributed by atoms with van der Waals surface area (Å²) < 4.78 is 5.15. The third-order valence-corrected chi connectivity index (χ3v) is 3.89. The van der Waals surface area contributed by atoms with Gasteiger partial charge < -0.3 is 15.8 Å². The zero-order chi connectivity index (χ0) is 18.4. The summed E-state index contributed by atoms with van der Waals surface area (Å²) in [4.78, 5) is 8.75. The van der Waals surface area contributed by atoms with E-state index in [-0.39, 0.29) is 24.0 Å². The van der Waals surface area contributed by atoms with E-state index in [9.17, 15) is 0 Å². The molecule has 0 unspecified atom stereocenters. The van der Waals surface area contributed by atoms with E-state index >= 15 is 0 Å². The van der Waals surface area contributed by atoms with Crippen LogP contribution >= 0.6 is 24.0 Å². The number of benzene rings is 2. The Morgan fingerprint density at radius 2 is 2.00 bits per heavy atom. The van der Waals surface area contributed by atoms with E-state index in [2.05, 4.69) is 44.5 Å². The number of methoxy groups -OCH3 is 1. The van der Waals surface area contributed by atoms with Crippen LogP contribution in [0.5, 0.6) is 5.75 Å². The number of H-pyrrole nitrogens is 1. The molecule has 0 aliphatic rings. The van der Waals surface area contributed by atoms with Crippen LogP contribution in [0.25, 0.3) is 11.4 Å². The monoisotopic (exact) mass is 478 g/mol. The first-order valence-electron chi connectivity index (χ1n) is 8.39. The second-order valence-electron chi connectivity index (χ2n) is 5.71. The Hall–Kier alpha value is -2.62. The van der Waals surface area contributed by atoms with E-state index in [1.165, 1.54) is 5.56 Å². The third-order valence-electron chi connectivity index (χ3n) is 3.89. The Kier molecular flexibility index (Phi) is 7.59. The van der Waals surface area contributed by atoms with Crippen molar-refractivity contribution < 1.29 is 4.74 Å². The Labute approximate surface area is 175 Å². The van der Waals surface area contributed by atoms with Crippen LogP contribution in [0, 0.1) is 0 Å².